The molecule has 0 bridgehead atoms. The van der Waals surface area contributed by atoms with Crippen molar-refractivity contribution < 1.29 is 9.84 Å². The first-order valence-electron chi connectivity index (χ1n) is 4.38. The Hall–Kier alpha value is -0.520. The molecule has 4 nitrogen and oxygen atoms in total. The van der Waals surface area contributed by atoms with Crippen LogP contribution in [0, 0.1) is 5.92 Å². The standard InChI is InChI=1S/C8H12N2O2S/c11-8-1-2-12-4-6(8)3-7-5-13-10-9-7/h5-6,8,11H,1-4H2. The van der Waals surface area contributed by atoms with Crippen LogP contribution >= 0.6 is 11.5 Å². The van der Waals surface area contributed by atoms with E-state index >= 15 is 0 Å². The highest BCUT2D eigenvalue weighted by Crippen LogP contribution is 2.18. The molecule has 1 saturated heterocycles. The van der Waals surface area contributed by atoms with Gasteiger partial charge in [-0.15, -0.1) is 5.10 Å². The molecule has 2 rings (SSSR count). The van der Waals surface area contributed by atoms with Crippen LogP contribution in [0.2, 0.25) is 0 Å². The molecule has 2 unspecified atom stereocenters. The second-order valence-electron chi connectivity index (χ2n) is 3.29. The van der Waals surface area contributed by atoms with Crippen LogP contribution in [0.15, 0.2) is 5.38 Å². The summed E-state index contributed by atoms with van der Waals surface area (Å²) in [6, 6.07) is 0. The Morgan fingerprint density at radius 1 is 1.69 bits per heavy atom. The molecule has 0 amide bonds. The van der Waals surface area contributed by atoms with Gasteiger partial charge in [0.05, 0.1) is 18.4 Å². The van der Waals surface area contributed by atoms with Crippen molar-refractivity contribution in [1.29, 1.82) is 0 Å². The Morgan fingerprint density at radius 2 is 2.62 bits per heavy atom. The minimum Gasteiger partial charge on any atom is -0.393 e. The second kappa shape index (κ2) is 4.13. The summed E-state index contributed by atoms with van der Waals surface area (Å²) in [5.41, 5.74) is 0.958. The smallest absolute Gasteiger partial charge is 0.0760 e. The molecular formula is C8H12N2O2S. The maximum absolute atomic E-state index is 9.64. The van der Waals surface area contributed by atoms with Gasteiger partial charge in [-0.05, 0) is 24.4 Å². The SMILES string of the molecule is OC1CCOCC1Cc1csnn1. The van der Waals surface area contributed by atoms with Crippen LogP contribution in [0.25, 0.3) is 0 Å². The van der Waals surface area contributed by atoms with Gasteiger partial charge in [0.25, 0.3) is 0 Å². The fourth-order valence-electron chi connectivity index (χ4n) is 1.52. The zero-order chi connectivity index (χ0) is 9.10. The molecule has 72 valence electrons. The quantitative estimate of drug-likeness (QED) is 0.754. The lowest BCUT2D eigenvalue weighted by Gasteiger charge is -2.26. The van der Waals surface area contributed by atoms with Crippen molar-refractivity contribution in [2.75, 3.05) is 13.2 Å². The van der Waals surface area contributed by atoms with Crippen molar-refractivity contribution in [1.82, 2.24) is 9.59 Å². The Bertz CT molecular complexity index is 253. The Labute approximate surface area is 80.7 Å². The van der Waals surface area contributed by atoms with Crippen molar-refractivity contribution in [2.24, 2.45) is 5.92 Å². The number of hydrogen-bond acceptors (Lipinski definition) is 5. The average molecular weight is 200 g/mol. The normalized spacial score (nSPS) is 29.0. The molecule has 1 aromatic heterocycles. The highest BCUT2D eigenvalue weighted by molar-refractivity contribution is 7.03. The zero-order valence-corrected chi connectivity index (χ0v) is 8.04. The van der Waals surface area contributed by atoms with Crippen molar-refractivity contribution >= 4 is 11.5 Å². The summed E-state index contributed by atoms with van der Waals surface area (Å²) in [4.78, 5) is 0. The molecule has 0 spiro atoms. The summed E-state index contributed by atoms with van der Waals surface area (Å²) in [6.07, 6.45) is 1.27. The van der Waals surface area contributed by atoms with Gasteiger partial charge in [0.1, 0.15) is 0 Å². The van der Waals surface area contributed by atoms with E-state index in [2.05, 4.69) is 9.59 Å². The average Bonchev–Trinajstić information content (AvgIpc) is 2.61. The van der Waals surface area contributed by atoms with Crippen molar-refractivity contribution in [3.8, 4) is 0 Å². The Balaban J connectivity index is 1.93. The summed E-state index contributed by atoms with van der Waals surface area (Å²) in [5, 5.41) is 15.5. The predicted octanol–water partition coefficient (Wildman–Crippen LogP) is 0.478. The van der Waals surface area contributed by atoms with Crippen LogP contribution in [-0.2, 0) is 11.2 Å². The van der Waals surface area contributed by atoms with Crippen molar-refractivity contribution in [3.63, 3.8) is 0 Å². The van der Waals surface area contributed by atoms with E-state index in [0.29, 0.717) is 13.2 Å². The van der Waals surface area contributed by atoms with Gasteiger partial charge in [0.15, 0.2) is 0 Å². The minimum absolute atomic E-state index is 0.192. The number of aromatic nitrogens is 2. The van der Waals surface area contributed by atoms with Crippen LogP contribution in [0.3, 0.4) is 0 Å². The molecule has 1 N–H and O–H groups in total. The van der Waals surface area contributed by atoms with Gasteiger partial charge in [-0.1, -0.05) is 4.49 Å². The first kappa shape index (κ1) is 9.05. The van der Waals surface area contributed by atoms with Gasteiger partial charge < -0.3 is 9.84 Å². The maximum Gasteiger partial charge on any atom is 0.0760 e. The fourth-order valence-corrected chi connectivity index (χ4v) is 1.99. The van der Waals surface area contributed by atoms with Gasteiger partial charge in [-0.3, -0.25) is 0 Å². The lowest BCUT2D eigenvalue weighted by atomic mass is 9.94. The molecule has 0 aromatic carbocycles. The molecule has 1 aromatic rings. The number of nitrogens with zero attached hydrogens (tertiary/aromatic N) is 2. The van der Waals surface area contributed by atoms with Gasteiger partial charge in [0.2, 0.25) is 0 Å². The number of rotatable bonds is 2. The van der Waals surface area contributed by atoms with Crippen LogP contribution in [-0.4, -0.2) is 34.0 Å². The first-order valence-corrected chi connectivity index (χ1v) is 5.21. The van der Waals surface area contributed by atoms with E-state index in [1.165, 1.54) is 11.5 Å². The van der Waals surface area contributed by atoms with Crippen LogP contribution in [0.4, 0.5) is 0 Å². The van der Waals surface area contributed by atoms with E-state index in [9.17, 15) is 5.11 Å². The van der Waals surface area contributed by atoms with E-state index in [1.807, 2.05) is 5.38 Å². The predicted molar refractivity (Wildman–Crippen MR) is 48.5 cm³/mol. The zero-order valence-electron chi connectivity index (χ0n) is 7.22. The van der Waals surface area contributed by atoms with E-state index < -0.39 is 0 Å². The number of aliphatic hydroxyl groups is 1. The summed E-state index contributed by atoms with van der Waals surface area (Å²) in [6.45, 7) is 1.31. The minimum atomic E-state index is -0.240. The highest BCUT2D eigenvalue weighted by Gasteiger charge is 2.24. The highest BCUT2D eigenvalue weighted by atomic mass is 32.1. The third-order valence-electron chi connectivity index (χ3n) is 2.31. The summed E-state index contributed by atoms with van der Waals surface area (Å²) < 4.78 is 9.08. The molecule has 1 fully saturated rings. The van der Waals surface area contributed by atoms with E-state index in [4.69, 9.17) is 4.74 Å². The van der Waals surface area contributed by atoms with Gasteiger partial charge in [-0.2, -0.15) is 0 Å². The molecule has 13 heavy (non-hydrogen) atoms. The second-order valence-corrected chi connectivity index (χ2v) is 3.90. The van der Waals surface area contributed by atoms with Crippen molar-refractivity contribution in [2.45, 2.75) is 18.9 Å². The molecule has 2 atom stereocenters. The summed E-state index contributed by atoms with van der Waals surface area (Å²) >= 11 is 1.35. The number of ether oxygens (including phenoxy) is 1. The monoisotopic (exact) mass is 200 g/mol. The molecule has 0 saturated carbocycles. The van der Waals surface area contributed by atoms with Crippen molar-refractivity contribution in [3.05, 3.63) is 11.1 Å². The molecule has 0 radical (unpaired) electrons. The van der Waals surface area contributed by atoms with Crippen LogP contribution in [0.1, 0.15) is 12.1 Å². The molecule has 1 aliphatic rings. The van der Waals surface area contributed by atoms with Crippen LogP contribution < -0.4 is 0 Å². The fraction of sp³-hybridized carbons (Fsp3) is 0.750. The molecule has 2 heterocycles. The van der Waals surface area contributed by atoms with Gasteiger partial charge in [-0.25, -0.2) is 0 Å². The Kier molecular flexibility index (Phi) is 2.87. The molecule has 5 heteroatoms. The van der Waals surface area contributed by atoms with Crippen LogP contribution in [0.5, 0.6) is 0 Å². The largest absolute Gasteiger partial charge is 0.393 e. The van der Waals surface area contributed by atoms with E-state index in [1.54, 1.807) is 0 Å². The van der Waals surface area contributed by atoms with E-state index in [0.717, 1.165) is 18.5 Å². The van der Waals surface area contributed by atoms with Gasteiger partial charge >= 0.3 is 0 Å². The third-order valence-corrected chi connectivity index (χ3v) is 2.86. The van der Waals surface area contributed by atoms with E-state index in [-0.39, 0.29) is 12.0 Å². The van der Waals surface area contributed by atoms with Gasteiger partial charge in [0, 0.05) is 17.9 Å². The molecular weight excluding hydrogens is 188 g/mol. The number of aliphatic hydroxyl groups excluding tert-OH is 1. The Morgan fingerprint density at radius 3 is 3.31 bits per heavy atom. The topological polar surface area (TPSA) is 55.2 Å². The lowest BCUT2D eigenvalue weighted by Crippen LogP contribution is -2.33. The number of hydrogen-bond donors (Lipinski definition) is 1. The molecule has 1 aliphatic heterocycles. The summed E-state index contributed by atoms with van der Waals surface area (Å²) in [5.74, 6) is 0.192. The lowest BCUT2D eigenvalue weighted by molar-refractivity contribution is -0.0353. The summed E-state index contributed by atoms with van der Waals surface area (Å²) in [7, 11) is 0. The third kappa shape index (κ3) is 2.24. The maximum atomic E-state index is 9.64. The molecule has 0 aliphatic carbocycles. The first-order chi connectivity index (χ1) is 6.36.